The second-order valence-corrected chi connectivity index (χ2v) is 6.78. The van der Waals surface area contributed by atoms with Crippen molar-refractivity contribution in [1.82, 2.24) is 18.7 Å². The number of aromatic nitrogens is 4. The molecule has 3 aromatic rings. The topological polar surface area (TPSA) is 100 Å². The van der Waals surface area contributed by atoms with Gasteiger partial charge in [0.15, 0.2) is 17.8 Å². The number of halogens is 4. The SMILES string of the molecule is Cn1c(=O)c2c(ncn2CC(=O)Nc2cc(Cl)ccc2OCC(F)(F)F)n(C)c1=O. The molecule has 0 saturated carbocycles. The fourth-order valence-corrected chi connectivity index (χ4v) is 2.92. The zero-order valence-corrected chi connectivity index (χ0v) is 16.4. The highest BCUT2D eigenvalue weighted by molar-refractivity contribution is 6.31. The van der Waals surface area contributed by atoms with Gasteiger partial charge in [-0.25, -0.2) is 9.78 Å². The van der Waals surface area contributed by atoms with Gasteiger partial charge in [-0.2, -0.15) is 13.2 Å². The number of hydrogen-bond acceptors (Lipinski definition) is 5. The summed E-state index contributed by atoms with van der Waals surface area (Å²) in [7, 11) is 2.72. The molecule has 30 heavy (non-hydrogen) atoms. The van der Waals surface area contributed by atoms with Gasteiger partial charge in [-0.3, -0.25) is 18.7 Å². The highest BCUT2D eigenvalue weighted by atomic mass is 35.5. The lowest BCUT2D eigenvalue weighted by Crippen LogP contribution is -2.37. The number of rotatable bonds is 5. The number of amides is 1. The Morgan fingerprint density at radius 3 is 2.60 bits per heavy atom. The summed E-state index contributed by atoms with van der Waals surface area (Å²) in [4.78, 5) is 40.9. The third-order valence-electron chi connectivity index (χ3n) is 4.14. The maximum atomic E-state index is 12.5. The van der Waals surface area contributed by atoms with E-state index in [9.17, 15) is 27.6 Å². The molecule has 13 heteroatoms. The molecule has 0 spiro atoms. The minimum Gasteiger partial charge on any atom is -0.482 e. The summed E-state index contributed by atoms with van der Waals surface area (Å²) in [5.74, 6) is -0.900. The fourth-order valence-electron chi connectivity index (χ4n) is 2.75. The summed E-state index contributed by atoms with van der Waals surface area (Å²) in [6, 6.07) is 3.75. The maximum absolute atomic E-state index is 12.5. The van der Waals surface area contributed by atoms with Crippen LogP contribution in [0.4, 0.5) is 18.9 Å². The quantitative estimate of drug-likeness (QED) is 0.644. The molecule has 0 bridgehead atoms. The van der Waals surface area contributed by atoms with Crippen LogP contribution >= 0.6 is 11.6 Å². The molecule has 9 nitrogen and oxygen atoms in total. The van der Waals surface area contributed by atoms with E-state index in [0.29, 0.717) is 0 Å². The number of alkyl halides is 3. The Labute approximate surface area is 171 Å². The van der Waals surface area contributed by atoms with Gasteiger partial charge in [-0.05, 0) is 18.2 Å². The number of carbonyl (C=O) groups is 1. The zero-order valence-electron chi connectivity index (χ0n) is 15.7. The van der Waals surface area contributed by atoms with E-state index in [1.807, 2.05) is 0 Å². The van der Waals surface area contributed by atoms with Crippen molar-refractivity contribution in [2.24, 2.45) is 14.1 Å². The average Bonchev–Trinajstić information content (AvgIpc) is 3.06. The number of hydrogen-bond donors (Lipinski definition) is 1. The Bertz CT molecular complexity index is 1250. The molecule has 160 valence electrons. The predicted molar refractivity (Wildman–Crippen MR) is 102 cm³/mol. The van der Waals surface area contributed by atoms with Crippen LogP contribution in [0.1, 0.15) is 0 Å². The third kappa shape index (κ3) is 4.32. The van der Waals surface area contributed by atoms with Gasteiger partial charge in [-0.15, -0.1) is 0 Å². The Morgan fingerprint density at radius 2 is 1.93 bits per heavy atom. The van der Waals surface area contributed by atoms with Gasteiger partial charge in [-0.1, -0.05) is 11.6 Å². The number of aryl methyl sites for hydroxylation is 1. The lowest BCUT2D eigenvalue weighted by Gasteiger charge is -2.14. The lowest BCUT2D eigenvalue weighted by atomic mass is 10.3. The molecule has 0 radical (unpaired) electrons. The second kappa shape index (κ2) is 7.86. The molecule has 0 aliphatic carbocycles. The zero-order chi connectivity index (χ0) is 22.2. The average molecular weight is 446 g/mol. The van der Waals surface area contributed by atoms with Crippen LogP contribution in [0.15, 0.2) is 34.1 Å². The van der Waals surface area contributed by atoms with E-state index in [4.69, 9.17) is 16.3 Å². The summed E-state index contributed by atoms with van der Waals surface area (Å²) in [5.41, 5.74) is -1.17. The second-order valence-electron chi connectivity index (χ2n) is 6.34. The molecule has 0 aliphatic heterocycles. The number of ether oxygens (including phenoxy) is 1. The predicted octanol–water partition coefficient (Wildman–Crippen LogP) is 1.67. The summed E-state index contributed by atoms with van der Waals surface area (Å²) in [6.07, 6.45) is -3.35. The van der Waals surface area contributed by atoms with Crippen LogP contribution in [0.25, 0.3) is 11.2 Å². The van der Waals surface area contributed by atoms with Crippen molar-refractivity contribution in [3.63, 3.8) is 0 Å². The Balaban J connectivity index is 1.88. The number of anilines is 1. The number of imidazole rings is 1. The van der Waals surface area contributed by atoms with Crippen molar-refractivity contribution < 1.29 is 22.7 Å². The number of benzene rings is 1. The van der Waals surface area contributed by atoms with Gasteiger partial charge in [0, 0.05) is 19.1 Å². The summed E-state index contributed by atoms with van der Waals surface area (Å²) in [6.45, 7) is -1.94. The molecule has 0 fully saturated rings. The smallest absolute Gasteiger partial charge is 0.422 e. The molecule has 2 heterocycles. The van der Waals surface area contributed by atoms with Crippen LogP contribution in [0.3, 0.4) is 0 Å². The molecule has 1 amide bonds. The molecular weight excluding hydrogens is 431 g/mol. The minimum absolute atomic E-state index is 0.0226. The monoisotopic (exact) mass is 445 g/mol. The summed E-state index contributed by atoms with van der Waals surface area (Å²) in [5, 5.41) is 2.58. The van der Waals surface area contributed by atoms with Crippen molar-refractivity contribution in [2.45, 2.75) is 12.7 Å². The first-order valence-corrected chi connectivity index (χ1v) is 8.75. The maximum Gasteiger partial charge on any atom is 0.422 e. The number of nitrogens with zero attached hydrogens (tertiary/aromatic N) is 4. The lowest BCUT2D eigenvalue weighted by molar-refractivity contribution is -0.153. The molecule has 2 aromatic heterocycles. The van der Waals surface area contributed by atoms with E-state index in [1.54, 1.807) is 0 Å². The van der Waals surface area contributed by atoms with E-state index < -0.39 is 36.5 Å². The Kier molecular flexibility index (Phi) is 5.61. The standard InChI is InChI=1S/C17H15ClF3N5O4/c1-24-14-13(15(28)25(2)16(24)29)26(8-22-14)6-12(27)23-10-5-9(18)3-4-11(10)30-7-17(19,20)21/h3-5,8H,6-7H2,1-2H3,(H,23,27). The van der Waals surface area contributed by atoms with Crippen molar-refractivity contribution in [3.8, 4) is 5.75 Å². The first kappa shape index (κ1) is 21.4. The van der Waals surface area contributed by atoms with Gasteiger partial charge in [0.1, 0.15) is 12.3 Å². The molecule has 1 aromatic carbocycles. The number of nitrogens with one attached hydrogen (secondary N) is 1. The van der Waals surface area contributed by atoms with E-state index >= 15 is 0 Å². The van der Waals surface area contributed by atoms with Crippen LogP contribution in [0, 0.1) is 0 Å². The Hall–Kier alpha value is -3.28. The first-order valence-electron chi connectivity index (χ1n) is 8.37. The van der Waals surface area contributed by atoms with E-state index in [1.165, 1.54) is 43.2 Å². The highest BCUT2D eigenvalue weighted by Crippen LogP contribution is 2.29. The Morgan fingerprint density at radius 1 is 1.23 bits per heavy atom. The highest BCUT2D eigenvalue weighted by Gasteiger charge is 2.29. The molecule has 0 unspecified atom stereocenters. The van der Waals surface area contributed by atoms with E-state index in [-0.39, 0.29) is 27.6 Å². The van der Waals surface area contributed by atoms with Gasteiger partial charge in [0.05, 0.1) is 12.0 Å². The van der Waals surface area contributed by atoms with Crippen molar-refractivity contribution in [1.29, 1.82) is 0 Å². The van der Waals surface area contributed by atoms with E-state index in [2.05, 4.69) is 10.3 Å². The fraction of sp³-hybridized carbons (Fsp3) is 0.294. The van der Waals surface area contributed by atoms with Gasteiger partial charge in [0.25, 0.3) is 5.56 Å². The summed E-state index contributed by atoms with van der Waals surface area (Å²) < 4.78 is 45.3. The molecule has 1 N–H and O–H groups in total. The van der Waals surface area contributed by atoms with Gasteiger partial charge >= 0.3 is 11.9 Å². The summed E-state index contributed by atoms with van der Waals surface area (Å²) >= 11 is 5.86. The third-order valence-corrected chi connectivity index (χ3v) is 4.37. The molecular formula is C17H15ClF3N5O4. The molecule has 0 aliphatic rings. The molecule has 0 saturated heterocycles. The van der Waals surface area contributed by atoms with Crippen LogP contribution < -0.4 is 21.3 Å². The van der Waals surface area contributed by atoms with Gasteiger partial charge in [0.2, 0.25) is 5.91 Å². The van der Waals surface area contributed by atoms with Crippen molar-refractivity contribution >= 4 is 34.4 Å². The first-order chi connectivity index (χ1) is 14.0. The van der Waals surface area contributed by atoms with Crippen molar-refractivity contribution in [2.75, 3.05) is 11.9 Å². The van der Waals surface area contributed by atoms with Crippen LogP contribution in [0.5, 0.6) is 5.75 Å². The van der Waals surface area contributed by atoms with Crippen LogP contribution in [-0.4, -0.2) is 37.4 Å². The number of fused-ring (bicyclic) bond motifs is 1. The van der Waals surface area contributed by atoms with Gasteiger partial charge < -0.3 is 14.6 Å². The largest absolute Gasteiger partial charge is 0.482 e. The van der Waals surface area contributed by atoms with E-state index in [0.717, 1.165) is 9.13 Å². The van der Waals surface area contributed by atoms with Crippen LogP contribution in [0.2, 0.25) is 5.02 Å². The number of carbonyl (C=O) groups excluding carboxylic acids is 1. The minimum atomic E-state index is -4.56. The normalized spacial score (nSPS) is 11.7. The molecule has 3 rings (SSSR count). The molecule has 0 atom stereocenters. The van der Waals surface area contributed by atoms with Crippen molar-refractivity contribution in [3.05, 3.63) is 50.4 Å². The van der Waals surface area contributed by atoms with Crippen LogP contribution in [-0.2, 0) is 25.4 Å².